The molecule has 3 N–H and O–H groups in total. The van der Waals surface area contributed by atoms with Crippen LogP contribution < -0.4 is 5.73 Å². The second kappa shape index (κ2) is 9.02. The standard InChI is InChI=1S/C17H18O6.C8H11N/c1-7-11-8(2)13-15(14(21-11)12(7)22-13)23-17(20)10-6-4-3-5-9(10)16(18)19;1-7(9)8-5-3-2-4-6-8/h3-8,11-15H,1-2H3,(H,18,19);2-7H,9H2,1H3/t7-,8+,11+,12+,13-,14-,15-;7-/m10/s1. The van der Waals surface area contributed by atoms with E-state index in [-0.39, 0.29) is 53.4 Å². The minimum atomic E-state index is -1.15. The Balaban J connectivity index is 0.000000230. The van der Waals surface area contributed by atoms with Crippen LogP contribution in [0.2, 0.25) is 0 Å². The van der Waals surface area contributed by atoms with E-state index in [4.69, 9.17) is 19.9 Å². The van der Waals surface area contributed by atoms with Crippen LogP contribution in [0.1, 0.15) is 53.1 Å². The molecular formula is C25H29NO6. The van der Waals surface area contributed by atoms with Gasteiger partial charge in [-0.1, -0.05) is 56.3 Å². The third kappa shape index (κ3) is 4.03. The van der Waals surface area contributed by atoms with Crippen LogP contribution in [0.25, 0.3) is 0 Å². The lowest BCUT2D eigenvalue weighted by Gasteiger charge is -2.38. The van der Waals surface area contributed by atoms with E-state index < -0.39 is 18.0 Å². The number of aromatic carboxylic acids is 1. The summed E-state index contributed by atoms with van der Waals surface area (Å²) in [4.78, 5) is 23.7. The summed E-state index contributed by atoms with van der Waals surface area (Å²) < 4.78 is 17.6. The van der Waals surface area contributed by atoms with Crippen molar-refractivity contribution in [2.24, 2.45) is 17.6 Å². The summed E-state index contributed by atoms with van der Waals surface area (Å²) in [6.45, 7) is 6.11. The Bertz CT molecular complexity index is 973. The molecule has 0 aliphatic carbocycles. The number of carbonyl (C=O) groups is 2. The molecule has 4 saturated heterocycles. The molecule has 8 atom stereocenters. The Hall–Kier alpha value is -2.74. The lowest BCUT2D eigenvalue weighted by atomic mass is 9.87. The highest BCUT2D eigenvalue weighted by atomic mass is 16.6. The second-order valence-electron chi connectivity index (χ2n) is 8.77. The first kappa shape index (κ1) is 22.5. The van der Waals surface area contributed by atoms with Crippen LogP contribution in [0.5, 0.6) is 0 Å². The van der Waals surface area contributed by atoms with Crippen molar-refractivity contribution in [3.63, 3.8) is 0 Å². The maximum Gasteiger partial charge on any atom is 0.339 e. The van der Waals surface area contributed by atoms with Gasteiger partial charge in [-0.15, -0.1) is 0 Å². The summed E-state index contributed by atoms with van der Waals surface area (Å²) >= 11 is 0. The van der Waals surface area contributed by atoms with Crippen molar-refractivity contribution in [2.75, 3.05) is 0 Å². The van der Waals surface area contributed by atoms with Crippen LogP contribution in [0, 0.1) is 11.8 Å². The average Bonchev–Trinajstić information content (AvgIpc) is 3.23. The predicted molar refractivity (Wildman–Crippen MR) is 117 cm³/mol. The third-order valence-corrected chi connectivity index (χ3v) is 6.62. The first-order valence-electron chi connectivity index (χ1n) is 10.9. The fourth-order valence-corrected chi connectivity index (χ4v) is 4.92. The topological polar surface area (TPSA) is 108 Å². The predicted octanol–water partition coefficient (Wildman–Crippen LogP) is 3.44. The van der Waals surface area contributed by atoms with Gasteiger partial charge in [0.05, 0.1) is 23.3 Å². The average molecular weight is 440 g/mol. The van der Waals surface area contributed by atoms with Crippen LogP contribution >= 0.6 is 0 Å². The fraction of sp³-hybridized carbons (Fsp3) is 0.440. The minimum absolute atomic E-state index is 0.0475. The zero-order valence-electron chi connectivity index (χ0n) is 18.4. The second-order valence-corrected chi connectivity index (χ2v) is 8.77. The summed E-state index contributed by atoms with van der Waals surface area (Å²) in [5, 5.41) is 9.21. The number of hydrogen-bond acceptors (Lipinski definition) is 6. The number of hydrogen-bond donors (Lipinski definition) is 2. The van der Waals surface area contributed by atoms with Gasteiger partial charge in [-0.2, -0.15) is 0 Å². The lowest BCUT2D eigenvalue weighted by Crippen LogP contribution is -2.49. The number of rotatable bonds is 4. The van der Waals surface area contributed by atoms with Crippen LogP contribution in [0.3, 0.4) is 0 Å². The molecule has 4 heterocycles. The number of nitrogens with two attached hydrogens (primary N) is 1. The van der Waals surface area contributed by atoms with Gasteiger partial charge in [-0.05, 0) is 24.6 Å². The number of ether oxygens (including phenoxy) is 3. The fourth-order valence-electron chi connectivity index (χ4n) is 4.92. The maximum atomic E-state index is 12.5. The van der Waals surface area contributed by atoms with Crippen LogP contribution in [0.4, 0.5) is 0 Å². The van der Waals surface area contributed by atoms with Gasteiger partial charge in [0.25, 0.3) is 0 Å². The molecule has 4 aliphatic rings. The van der Waals surface area contributed by atoms with E-state index in [1.54, 1.807) is 12.1 Å². The Labute approximate surface area is 187 Å². The molecule has 170 valence electrons. The van der Waals surface area contributed by atoms with E-state index in [0.29, 0.717) is 0 Å². The molecular weight excluding hydrogens is 410 g/mol. The number of carboxylic acids is 1. The van der Waals surface area contributed by atoms with Crippen LogP contribution in [-0.2, 0) is 14.2 Å². The zero-order valence-corrected chi connectivity index (χ0v) is 18.4. The normalized spacial score (nSPS) is 32.7. The van der Waals surface area contributed by atoms with Gasteiger partial charge >= 0.3 is 11.9 Å². The Morgan fingerprint density at radius 1 is 0.875 bits per heavy atom. The first-order valence-corrected chi connectivity index (χ1v) is 10.9. The first-order chi connectivity index (χ1) is 15.3. The molecule has 7 nitrogen and oxygen atoms in total. The van der Waals surface area contributed by atoms with Crippen molar-refractivity contribution in [1.29, 1.82) is 0 Å². The summed E-state index contributed by atoms with van der Waals surface area (Å²) in [6, 6.07) is 16.3. The van der Waals surface area contributed by atoms with Crippen LogP contribution in [-0.4, -0.2) is 47.6 Å². The molecule has 4 aliphatic heterocycles. The van der Waals surface area contributed by atoms with Crippen molar-refractivity contribution < 1.29 is 28.9 Å². The van der Waals surface area contributed by atoms with E-state index in [0.717, 1.165) is 0 Å². The monoisotopic (exact) mass is 439 g/mol. The summed E-state index contributed by atoms with van der Waals surface area (Å²) in [5.41, 5.74) is 6.80. The molecule has 6 rings (SSSR count). The van der Waals surface area contributed by atoms with Crippen LogP contribution in [0.15, 0.2) is 54.6 Å². The highest BCUT2D eigenvalue weighted by Gasteiger charge is 2.65. The zero-order chi connectivity index (χ0) is 23.0. The van der Waals surface area contributed by atoms with Crippen molar-refractivity contribution in [3.05, 3.63) is 71.3 Å². The number of esters is 1. The third-order valence-electron chi connectivity index (χ3n) is 6.62. The maximum absolute atomic E-state index is 12.5. The highest BCUT2D eigenvalue weighted by Crippen LogP contribution is 2.50. The van der Waals surface area contributed by atoms with Crippen molar-refractivity contribution in [3.8, 4) is 0 Å². The summed E-state index contributed by atoms with van der Waals surface area (Å²) in [5.74, 6) is -1.37. The van der Waals surface area contributed by atoms with Gasteiger partial charge in [-0.3, -0.25) is 0 Å². The molecule has 4 bridgehead atoms. The molecule has 32 heavy (non-hydrogen) atoms. The van der Waals surface area contributed by atoms with E-state index in [2.05, 4.69) is 6.92 Å². The summed E-state index contributed by atoms with van der Waals surface area (Å²) in [6.07, 6.45) is -0.817. The molecule has 7 heteroatoms. The summed E-state index contributed by atoms with van der Waals surface area (Å²) in [7, 11) is 0. The molecule has 0 amide bonds. The Morgan fingerprint density at radius 2 is 1.44 bits per heavy atom. The molecule has 2 aromatic carbocycles. The number of benzene rings is 2. The van der Waals surface area contributed by atoms with Gasteiger partial charge in [0.1, 0.15) is 12.2 Å². The quantitative estimate of drug-likeness (QED) is 0.703. The van der Waals surface area contributed by atoms with E-state index >= 15 is 0 Å². The van der Waals surface area contributed by atoms with Gasteiger partial charge in [-0.25, -0.2) is 9.59 Å². The molecule has 4 fully saturated rings. The Morgan fingerprint density at radius 3 is 2.03 bits per heavy atom. The smallest absolute Gasteiger partial charge is 0.339 e. The molecule has 0 spiro atoms. The van der Waals surface area contributed by atoms with Gasteiger partial charge < -0.3 is 25.1 Å². The molecule has 0 radical (unpaired) electrons. The number of carboxylic acid groups (broad SMARTS) is 1. The van der Waals surface area contributed by atoms with E-state index in [9.17, 15) is 14.7 Å². The van der Waals surface area contributed by atoms with Crippen molar-refractivity contribution in [1.82, 2.24) is 0 Å². The molecule has 2 aromatic rings. The van der Waals surface area contributed by atoms with E-state index in [1.807, 2.05) is 44.2 Å². The lowest BCUT2D eigenvalue weighted by molar-refractivity contribution is -0.152. The minimum Gasteiger partial charge on any atom is -0.478 e. The number of carbonyl (C=O) groups excluding carboxylic acids is 1. The van der Waals surface area contributed by atoms with Gasteiger partial charge in [0.15, 0.2) is 6.10 Å². The largest absolute Gasteiger partial charge is 0.478 e. The van der Waals surface area contributed by atoms with Gasteiger partial charge in [0, 0.05) is 17.9 Å². The van der Waals surface area contributed by atoms with E-state index in [1.165, 1.54) is 17.7 Å². The molecule has 0 saturated carbocycles. The SMILES string of the molecule is C[C@@H]1[C@@H]2O[C@H]3[C@H](OC(=O)c4ccccc4C(=O)O)[C@H](O[C@@H]13)[C@H]2C.C[C@H](N)c1ccccc1. The molecule has 0 aromatic heterocycles. The molecule has 0 unspecified atom stereocenters. The highest BCUT2D eigenvalue weighted by molar-refractivity contribution is 6.02. The Kier molecular flexibility index (Phi) is 6.33. The van der Waals surface area contributed by atoms with Gasteiger partial charge in [0.2, 0.25) is 0 Å². The van der Waals surface area contributed by atoms with Crippen molar-refractivity contribution in [2.45, 2.75) is 57.3 Å². The van der Waals surface area contributed by atoms with Crippen molar-refractivity contribution >= 4 is 11.9 Å².